The summed E-state index contributed by atoms with van der Waals surface area (Å²) in [5.41, 5.74) is 0. The molecule has 1 aromatic heterocycles. The van der Waals surface area contributed by atoms with Crippen molar-refractivity contribution in [1.29, 1.82) is 0 Å². The third-order valence-corrected chi connectivity index (χ3v) is 2.43. The molecule has 0 amide bonds. The van der Waals surface area contributed by atoms with Crippen LogP contribution in [0.15, 0.2) is 12.4 Å². The summed E-state index contributed by atoms with van der Waals surface area (Å²) in [6.45, 7) is 7.63. The fourth-order valence-corrected chi connectivity index (χ4v) is 1.57. The second-order valence-electron chi connectivity index (χ2n) is 4.19. The van der Waals surface area contributed by atoms with Gasteiger partial charge in [-0.3, -0.25) is 0 Å². The zero-order valence-corrected chi connectivity index (χ0v) is 9.62. The molecule has 0 aliphatic heterocycles. The van der Waals surface area contributed by atoms with Crippen molar-refractivity contribution in [3.05, 3.63) is 18.2 Å². The van der Waals surface area contributed by atoms with Crippen LogP contribution in [0.1, 0.15) is 38.9 Å². The number of nitrogens with zero attached hydrogens (tertiary/aromatic N) is 2. The molecule has 0 saturated carbocycles. The summed E-state index contributed by atoms with van der Waals surface area (Å²) in [6.07, 6.45) is 5.01. The van der Waals surface area contributed by atoms with Gasteiger partial charge in [0.15, 0.2) is 0 Å². The van der Waals surface area contributed by atoms with E-state index in [0.29, 0.717) is 12.0 Å². The number of aryl methyl sites for hydroxylation is 1. The first kappa shape index (κ1) is 11.2. The summed E-state index contributed by atoms with van der Waals surface area (Å²) in [4.78, 5) is 4.35. The van der Waals surface area contributed by atoms with Crippen LogP contribution in [0.4, 0.5) is 0 Å². The molecule has 0 fully saturated rings. The third kappa shape index (κ3) is 3.14. The molecule has 0 spiro atoms. The zero-order chi connectivity index (χ0) is 10.6. The minimum absolute atomic E-state index is 0.529. The quantitative estimate of drug-likeness (QED) is 0.778. The largest absolute Gasteiger partial charge is 0.338 e. The number of rotatable bonds is 5. The first-order chi connectivity index (χ1) is 6.61. The van der Waals surface area contributed by atoms with Gasteiger partial charge in [-0.2, -0.15) is 0 Å². The first-order valence-corrected chi connectivity index (χ1v) is 5.32. The molecule has 0 saturated heterocycles. The van der Waals surface area contributed by atoms with Gasteiger partial charge in [-0.05, 0) is 13.0 Å². The molecule has 1 aromatic rings. The maximum Gasteiger partial charge on any atom is 0.111 e. The first-order valence-electron chi connectivity index (χ1n) is 5.32. The van der Waals surface area contributed by atoms with Gasteiger partial charge in [-0.15, -0.1) is 0 Å². The van der Waals surface area contributed by atoms with Crippen LogP contribution in [0.3, 0.4) is 0 Å². The van der Waals surface area contributed by atoms with Gasteiger partial charge in [0.2, 0.25) is 0 Å². The highest BCUT2D eigenvalue weighted by molar-refractivity contribution is 4.98. The van der Waals surface area contributed by atoms with Crippen molar-refractivity contribution in [2.24, 2.45) is 7.05 Å². The average Bonchev–Trinajstić information content (AvgIpc) is 2.50. The van der Waals surface area contributed by atoms with Crippen molar-refractivity contribution < 1.29 is 0 Å². The predicted octanol–water partition coefficient (Wildman–Crippen LogP) is 1.91. The minimum Gasteiger partial charge on any atom is -0.338 e. The molecule has 0 radical (unpaired) electrons. The maximum atomic E-state index is 4.35. The molecule has 0 aliphatic rings. The Morgan fingerprint density at radius 2 is 2.14 bits per heavy atom. The normalized spacial score (nSPS) is 13.5. The topological polar surface area (TPSA) is 29.9 Å². The van der Waals surface area contributed by atoms with E-state index in [1.165, 1.54) is 5.82 Å². The van der Waals surface area contributed by atoms with Gasteiger partial charge in [0.1, 0.15) is 5.82 Å². The molecule has 1 atom stereocenters. The van der Waals surface area contributed by atoms with Crippen LogP contribution in [0, 0.1) is 0 Å². The van der Waals surface area contributed by atoms with E-state index in [1.807, 2.05) is 12.4 Å². The summed E-state index contributed by atoms with van der Waals surface area (Å²) >= 11 is 0. The SMILES string of the molecule is CC(C)NCCC(C)c1nccn1C. The Balaban J connectivity index is 2.36. The Morgan fingerprint density at radius 1 is 1.43 bits per heavy atom. The number of hydrogen-bond acceptors (Lipinski definition) is 2. The van der Waals surface area contributed by atoms with Crippen LogP contribution >= 0.6 is 0 Å². The number of imidazole rings is 1. The average molecular weight is 195 g/mol. The van der Waals surface area contributed by atoms with E-state index in [-0.39, 0.29) is 0 Å². The second-order valence-corrected chi connectivity index (χ2v) is 4.19. The van der Waals surface area contributed by atoms with E-state index in [9.17, 15) is 0 Å². The molecular weight excluding hydrogens is 174 g/mol. The zero-order valence-electron chi connectivity index (χ0n) is 9.62. The molecule has 0 aliphatic carbocycles. The molecular formula is C11H21N3. The Kier molecular flexibility index (Phi) is 4.14. The molecule has 3 nitrogen and oxygen atoms in total. The molecule has 80 valence electrons. The van der Waals surface area contributed by atoms with E-state index in [2.05, 4.69) is 42.7 Å². The van der Waals surface area contributed by atoms with Gasteiger partial charge >= 0.3 is 0 Å². The van der Waals surface area contributed by atoms with Crippen molar-refractivity contribution in [3.8, 4) is 0 Å². The highest BCUT2D eigenvalue weighted by atomic mass is 15.0. The van der Waals surface area contributed by atoms with Crippen LogP contribution in [-0.4, -0.2) is 22.1 Å². The molecule has 14 heavy (non-hydrogen) atoms. The lowest BCUT2D eigenvalue weighted by molar-refractivity contribution is 0.523. The summed E-state index contributed by atoms with van der Waals surface area (Å²) < 4.78 is 2.10. The summed E-state index contributed by atoms with van der Waals surface area (Å²) in [5.74, 6) is 1.71. The summed E-state index contributed by atoms with van der Waals surface area (Å²) in [5, 5.41) is 3.42. The molecule has 1 rings (SSSR count). The minimum atomic E-state index is 0.529. The summed E-state index contributed by atoms with van der Waals surface area (Å²) in [6, 6.07) is 0.573. The third-order valence-electron chi connectivity index (χ3n) is 2.43. The van der Waals surface area contributed by atoms with Crippen LogP contribution in [0.2, 0.25) is 0 Å². The van der Waals surface area contributed by atoms with Crippen LogP contribution in [0.5, 0.6) is 0 Å². The monoisotopic (exact) mass is 195 g/mol. The van der Waals surface area contributed by atoms with E-state index in [1.54, 1.807) is 0 Å². The van der Waals surface area contributed by atoms with Crippen molar-refractivity contribution in [3.63, 3.8) is 0 Å². The Labute approximate surface area is 86.5 Å². The van der Waals surface area contributed by atoms with E-state index >= 15 is 0 Å². The summed E-state index contributed by atoms with van der Waals surface area (Å²) in [7, 11) is 2.05. The van der Waals surface area contributed by atoms with Gasteiger partial charge < -0.3 is 9.88 Å². The lowest BCUT2D eigenvalue weighted by Crippen LogP contribution is -2.25. The van der Waals surface area contributed by atoms with Crippen molar-refractivity contribution in [2.45, 2.75) is 39.2 Å². The highest BCUT2D eigenvalue weighted by Gasteiger charge is 2.09. The van der Waals surface area contributed by atoms with Crippen LogP contribution in [0.25, 0.3) is 0 Å². The number of aromatic nitrogens is 2. The maximum absolute atomic E-state index is 4.35. The van der Waals surface area contributed by atoms with Gasteiger partial charge in [0, 0.05) is 31.4 Å². The van der Waals surface area contributed by atoms with Gasteiger partial charge in [0.25, 0.3) is 0 Å². The lowest BCUT2D eigenvalue weighted by Gasteiger charge is -2.13. The van der Waals surface area contributed by atoms with Gasteiger partial charge in [-0.25, -0.2) is 4.98 Å². The predicted molar refractivity (Wildman–Crippen MR) is 59.4 cm³/mol. The van der Waals surface area contributed by atoms with Gasteiger partial charge in [-0.1, -0.05) is 20.8 Å². The van der Waals surface area contributed by atoms with E-state index in [0.717, 1.165) is 13.0 Å². The molecule has 3 heteroatoms. The fourth-order valence-electron chi connectivity index (χ4n) is 1.57. The standard InChI is InChI=1S/C11H21N3/c1-9(2)12-6-5-10(3)11-13-7-8-14(11)4/h7-10,12H,5-6H2,1-4H3. The van der Waals surface area contributed by atoms with E-state index < -0.39 is 0 Å². The number of hydrogen-bond donors (Lipinski definition) is 1. The van der Waals surface area contributed by atoms with Crippen molar-refractivity contribution >= 4 is 0 Å². The molecule has 0 bridgehead atoms. The van der Waals surface area contributed by atoms with Crippen LogP contribution in [-0.2, 0) is 7.05 Å². The number of nitrogens with one attached hydrogen (secondary N) is 1. The fraction of sp³-hybridized carbons (Fsp3) is 0.727. The Bertz CT molecular complexity index is 265. The highest BCUT2D eigenvalue weighted by Crippen LogP contribution is 2.15. The second kappa shape index (κ2) is 5.15. The molecule has 1 heterocycles. The molecule has 1 N–H and O–H groups in total. The van der Waals surface area contributed by atoms with Crippen molar-refractivity contribution in [2.75, 3.05) is 6.54 Å². The molecule has 1 unspecified atom stereocenters. The van der Waals surface area contributed by atoms with Crippen molar-refractivity contribution in [1.82, 2.24) is 14.9 Å². The van der Waals surface area contributed by atoms with E-state index in [4.69, 9.17) is 0 Å². The molecule has 0 aromatic carbocycles. The lowest BCUT2D eigenvalue weighted by atomic mass is 10.1. The smallest absolute Gasteiger partial charge is 0.111 e. The Hall–Kier alpha value is -0.830. The van der Waals surface area contributed by atoms with Crippen LogP contribution < -0.4 is 5.32 Å². The Morgan fingerprint density at radius 3 is 2.64 bits per heavy atom. The van der Waals surface area contributed by atoms with Gasteiger partial charge in [0.05, 0.1) is 0 Å².